The summed E-state index contributed by atoms with van der Waals surface area (Å²) < 4.78 is 4.09. The maximum absolute atomic E-state index is 4.09. The summed E-state index contributed by atoms with van der Waals surface area (Å²) in [6, 6.07) is 0. The number of hydrogen-bond acceptors (Lipinski definition) is 1. The Morgan fingerprint density at radius 2 is 2.86 bits per heavy atom. The minimum absolute atomic E-state index is 0.800. The maximum atomic E-state index is 4.09. The molecule has 0 fully saturated rings. The van der Waals surface area contributed by atoms with Crippen LogP contribution in [0.2, 0.25) is 0 Å². The summed E-state index contributed by atoms with van der Waals surface area (Å²) in [6.45, 7) is 2.17. The van der Waals surface area contributed by atoms with Gasteiger partial charge in [-0.1, -0.05) is 6.92 Å². The minimum Gasteiger partial charge on any atom is -0.244 e. The summed E-state index contributed by atoms with van der Waals surface area (Å²) in [5, 5.41) is 1.48. The van der Waals surface area contributed by atoms with Crippen molar-refractivity contribution in [3.63, 3.8) is 0 Å². The Morgan fingerprint density at radius 3 is 3.14 bits per heavy atom. The normalized spacial score (nSPS) is 11.6. The van der Waals surface area contributed by atoms with Gasteiger partial charge in [0.1, 0.15) is 0 Å². The summed E-state index contributed by atoms with van der Waals surface area (Å²) >= 11 is 0. The first-order chi connectivity index (χ1) is 3.43. The molecule has 0 aliphatic rings. The highest BCUT2D eigenvalue weighted by Gasteiger charge is 1.83. The molecule has 0 N–H and O–H groups in total. The smallest absolute Gasteiger partial charge is 0.0391 e. The first-order valence-electron chi connectivity index (χ1n) is 2.28. The van der Waals surface area contributed by atoms with E-state index in [0.29, 0.717) is 0 Å². The zero-order valence-electron chi connectivity index (χ0n) is 4.18. The first-order valence-corrected chi connectivity index (χ1v) is 4.96. The Hall–Kier alpha value is 0.140. The van der Waals surface area contributed by atoms with Gasteiger partial charge in [0.25, 0.3) is 0 Å². The molecule has 0 saturated heterocycles. The van der Waals surface area contributed by atoms with Gasteiger partial charge in [0.05, 0.1) is 0 Å². The fourth-order valence-electron chi connectivity index (χ4n) is 0.396. The van der Waals surface area contributed by atoms with Crippen LogP contribution in [-0.4, -0.2) is 4.75 Å². The molecule has 1 unspecified atom stereocenters. The van der Waals surface area contributed by atoms with Crippen molar-refractivity contribution in [2.75, 3.05) is 0 Å². The maximum Gasteiger partial charge on any atom is 0.0391 e. The van der Waals surface area contributed by atoms with Crippen LogP contribution in [0.15, 0.2) is 6.20 Å². The molecule has 0 radical (unpaired) electrons. The summed E-state index contributed by atoms with van der Waals surface area (Å²) in [5.74, 6) is 0. The molecule has 1 atom stereocenters. The molecule has 1 heterocycles. The molecule has 0 spiro atoms. The number of rotatable bonds is 1. The van der Waals surface area contributed by atoms with Crippen LogP contribution in [0.5, 0.6) is 0 Å². The lowest BCUT2D eigenvalue weighted by Crippen LogP contribution is -1.63. The monoisotopic (exact) mass is 131 g/mol. The van der Waals surface area contributed by atoms with E-state index in [0.717, 1.165) is 8.03 Å². The third-order valence-electron chi connectivity index (χ3n) is 0.827. The highest BCUT2D eigenvalue weighted by Crippen LogP contribution is 2.22. The summed E-state index contributed by atoms with van der Waals surface area (Å²) in [6.07, 6.45) is 3.18. The molecule has 0 saturated carbocycles. The minimum atomic E-state index is 0.800. The Morgan fingerprint density at radius 1 is 2.00 bits per heavy atom. The molecule has 1 aromatic heterocycles. The van der Waals surface area contributed by atoms with Crippen molar-refractivity contribution in [1.29, 1.82) is 0 Å². The molecule has 0 aromatic carbocycles. The van der Waals surface area contributed by atoms with E-state index in [1.807, 2.05) is 6.20 Å². The average molecular weight is 131 g/mol. The van der Waals surface area contributed by atoms with Crippen molar-refractivity contribution in [2.45, 2.75) is 13.3 Å². The molecule has 0 bridgehead atoms. The van der Waals surface area contributed by atoms with Crippen LogP contribution in [0.25, 0.3) is 0 Å². The van der Waals surface area contributed by atoms with Crippen molar-refractivity contribution in [3.8, 4) is 0 Å². The standard InChI is InChI=1S/C4H7NP2/c1-2-4-3-5-7-6-4/h3,7H,2H2,1H3. The zero-order valence-corrected chi connectivity index (χ0v) is 6.07. The lowest BCUT2D eigenvalue weighted by atomic mass is 10.4. The Kier molecular flexibility index (Phi) is 1.85. The Balaban J connectivity index is 2.76. The summed E-state index contributed by atoms with van der Waals surface area (Å²) in [5.41, 5.74) is 0. The molecule has 0 amide bonds. The van der Waals surface area contributed by atoms with E-state index in [1.165, 1.54) is 19.6 Å². The first kappa shape index (κ1) is 5.28. The number of aryl methyl sites for hydroxylation is 1. The highest BCUT2D eigenvalue weighted by molar-refractivity contribution is 7.88. The molecule has 1 aromatic rings. The molecule has 0 aliphatic carbocycles. The molecule has 0 aliphatic heterocycles. The van der Waals surface area contributed by atoms with Crippen molar-refractivity contribution in [2.24, 2.45) is 0 Å². The molecule has 1 rings (SSSR count). The lowest BCUT2D eigenvalue weighted by Gasteiger charge is -1.76. The SMILES string of the molecule is CCc1cn[pH]p1. The van der Waals surface area contributed by atoms with E-state index in [9.17, 15) is 0 Å². The van der Waals surface area contributed by atoms with Gasteiger partial charge in [0.2, 0.25) is 0 Å². The van der Waals surface area contributed by atoms with Crippen LogP contribution in [0.3, 0.4) is 0 Å². The predicted molar refractivity (Wildman–Crippen MR) is 35.6 cm³/mol. The van der Waals surface area contributed by atoms with Crippen molar-refractivity contribution < 1.29 is 0 Å². The quantitative estimate of drug-likeness (QED) is 0.569. The Labute approximate surface area is 46.3 Å². The molecule has 7 heavy (non-hydrogen) atoms. The van der Waals surface area contributed by atoms with Gasteiger partial charge in [-0.15, -0.1) is 0 Å². The van der Waals surface area contributed by atoms with Crippen LogP contribution in [0.4, 0.5) is 0 Å². The molecule has 3 heteroatoms. The second-order valence-electron chi connectivity index (χ2n) is 1.31. The van der Waals surface area contributed by atoms with E-state index >= 15 is 0 Å². The van der Waals surface area contributed by atoms with E-state index in [2.05, 4.69) is 11.7 Å². The van der Waals surface area contributed by atoms with Gasteiger partial charge >= 0.3 is 0 Å². The van der Waals surface area contributed by atoms with Gasteiger partial charge in [-0.2, -0.15) is 0 Å². The van der Waals surface area contributed by atoms with E-state index < -0.39 is 0 Å². The van der Waals surface area contributed by atoms with Crippen LogP contribution < -0.4 is 0 Å². The fraction of sp³-hybridized carbons (Fsp3) is 0.500. The number of aromatic nitrogens is 1. The molecular formula is C4H7NP2. The predicted octanol–water partition coefficient (Wildman–Crippen LogP) is 2.26. The van der Waals surface area contributed by atoms with Gasteiger partial charge in [-0.3, -0.25) is 0 Å². The van der Waals surface area contributed by atoms with Gasteiger partial charge < -0.3 is 0 Å². The zero-order chi connectivity index (χ0) is 5.11. The fourth-order valence-corrected chi connectivity index (χ4v) is 2.56. The number of nitrogens with zero attached hydrogens (tertiary/aromatic N) is 1. The van der Waals surface area contributed by atoms with Gasteiger partial charge in [0.15, 0.2) is 0 Å². The summed E-state index contributed by atoms with van der Waals surface area (Å²) in [7, 11) is 2.24. The van der Waals surface area contributed by atoms with E-state index in [1.54, 1.807) is 0 Å². The van der Waals surface area contributed by atoms with E-state index in [-0.39, 0.29) is 0 Å². The van der Waals surface area contributed by atoms with Crippen molar-refractivity contribution >= 4 is 15.9 Å². The third kappa shape index (κ3) is 1.26. The topological polar surface area (TPSA) is 12.9 Å². The molecular weight excluding hydrogens is 124 g/mol. The molecule has 1 nitrogen and oxygen atoms in total. The molecule has 38 valence electrons. The van der Waals surface area contributed by atoms with E-state index in [4.69, 9.17) is 0 Å². The van der Waals surface area contributed by atoms with Crippen LogP contribution in [0, 0.1) is 0 Å². The van der Waals surface area contributed by atoms with Crippen molar-refractivity contribution in [3.05, 3.63) is 11.5 Å². The van der Waals surface area contributed by atoms with Crippen LogP contribution in [-0.2, 0) is 6.42 Å². The second kappa shape index (κ2) is 2.45. The number of hydrogen-bond donors (Lipinski definition) is 0. The summed E-state index contributed by atoms with van der Waals surface area (Å²) in [4.78, 5) is 0. The Bertz CT molecular complexity index is 124. The van der Waals surface area contributed by atoms with Gasteiger partial charge in [-0.05, 0) is 22.3 Å². The van der Waals surface area contributed by atoms with Crippen LogP contribution in [0.1, 0.15) is 12.2 Å². The third-order valence-corrected chi connectivity index (χ3v) is 3.40. The second-order valence-corrected chi connectivity index (χ2v) is 3.84. The average Bonchev–Trinajstić information content (AvgIpc) is 2.14. The van der Waals surface area contributed by atoms with Gasteiger partial charge in [0, 0.05) is 11.5 Å². The highest BCUT2D eigenvalue weighted by atomic mass is 31.8. The van der Waals surface area contributed by atoms with Crippen molar-refractivity contribution in [1.82, 2.24) is 4.75 Å². The van der Waals surface area contributed by atoms with Crippen LogP contribution >= 0.6 is 15.9 Å². The lowest BCUT2D eigenvalue weighted by molar-refractivity contribution is 1.17. The largest absolute Gasteiger partial charge is 0.244 e. The van der Waals surface area contributed by atoms with Gasteiger partial charge in [-0.25, -0.2) is 4.75 Å².